The molecule has 1 aliphatic heterocycles. The Labute approximate surface area is 186 Å². The summed E-state index contributed by atoms with van der Waals surface area (Å²) in [6.45, 7) is 4.51. The third-order valence-electron chi connectivity index (χ3n) is 5.40. The van der Waals surface area contributed by atoms with E-state index < -0.39 is 0 Å². The fourth-order valence-electron chi connectivity index (χ4n) is 3.69. The zero-order valence-corrected chi connectivity index (χ0v) is 17.9. The molecule has 3 heterocycles. The van der Waals surface area contributed by atoms with Crippen molar-refractivity contribution >= 4 is 23.3 Å². The Morgan fingerprint density at radius 1 is 0.969 bits per heavy atom. The third-order valence-corrected chi connectivity index (χ3v) is 5.40. The third kappa shape index (κ3) is 5.03. The summed E-state index contributed by atoms with van der Waals surface area (Å²) in [4.78, 5) is 45.4. The van der Waals surface area contributed by atoms with Gasteiger partial charge in [-0.2, -0.15) is 0 Å². The molecule has 0 unspecified atom stereocenters. The van der Waals surface area contributed by atoms with Crippen molar-refractivity contribution in [2.45, 2.75) is 13.5 Å². The van der Waals surface area contributed by atoms with E-state index in [1.54, 1.807) is 42.7 Å². The van der Waals surface area contributed by atoms with Gasteiger partial charge in [0.25, 0.3) is 11.5 Å². The van der Waals surface area contributed by atoms with Gasteiger partial charge in [0.2, 0.25) is 5.91 Å². The molecule has 1 aliphatic rings. The summed E-state index contributed by atoms with van der Waals surface area (Å²) in [7, 11) is 0. The molecular formula is C24H25N5O3. The highest BCUT2D eigenvalue weighted by atomic mass is 16.2. The molecule has 164 valence electrons. The maximum atomic E-state index is 12.9. The van der Waals surface area contributed by atoms with Crippen molar-refractivity contribution in [1.82, 2.24) is 14.5 Å². The normalized spacial score (nSPS) is 13.7. The predicted molar refractivity (Wildman–Crippen MR) is 123 cm³/mol. The molecule has 2 amide bonds. The number of nitrogens with one attached hydrogen (secondary N) is 1. The van der Waals surface area contributed by atoms with Crippen LogP contribution in [0.15, 0.2) is 71.8 Å². The van der Waals surface area contributed by atoms with Crippen molar-refractivity contribution in [3.05, 3.63) is 88.5 Å². The summed E-state index contributed by atoms with van der Waals surface area (Å²) in [6, 6.07) is 15.8. The van der Waals surface area contributed by atoms with Crippen LogP contribution in [0.2, 0.25) is 0 Å². The van der Waals surface area contributed by atoms with E-state index in [1.165, 1.54) is 10.6 Å². The lowest BCUT2D eigenvalue weighted by Crippen LogP contribution is -2.49. The molecule has 32 heavy (non-hydrogen) atoms. The topological polar surface area (TPSA) is 87.5 Å². The first kappa shape index (κ1) is 21.3. The summed E-state index contributed by atoms with van der Waals surface area (Å²) in [5.41, 5.74) is 1.83. The van der Waals surface area contributed by atoms with Crippen molar-refractivity contribution in [2.24, 2.45) is 0 Å². The van der Waals surface area contributed by atoms with Crippen molar-refractivity contribution in [3.8, 4) is 0 Å². The van der Waals surface area contributed by atoms with E-state index in [4.69, 9.17) is 0 Å². The number of amides is 2. The van der Waals surface area contributed by atoms with Crippen LogP contribution in [-0.4, -0.2) is 52.4 Å². The standard InChI is InChI=1S/C24H25N5O3/c1-18-5-10-23(31)29(16-18)17-22(30)26-20-8-6-19(7-9-20)24(32)28-14-12-27(13-15-28)21-4-2-3-11-25-21/h2-11,16H,12-15,17H2,1H3,(H,26,30). The first-order chi connectivity index (χ1) is 15.5. The van der Waals surface area contributed by atoms with Gasteiger partial charge in [0.15, 0.2) is 0 Å². The van der Waals surface area contributed by atoms with Crippen LogP contribution < -0.4 is 15.8 Å². The second-order valence-corrected chi connectivity index (χ2v) is 7.77. The molecule has 0 atom stereocenters. The number of hydrogen-bond acceptors (Lipinski definition) is 5. The minimum absolute atomic E-state index is 0.0325. The van der Waals surface area contributed by atoms with Crippen LogP contribution >= 0.6 is 0 Å². The van der Waals surface area contributed by atoms with Crippen LogP contribution in [0.4, 0.5) is 11.5 Å². The van der Waals surface area contributed by atoms with Gasteiger partial charge >= 0.3 is 0 Å². The molecule has 4 rings (SSSR count). The zero-order valence-electron chi connectivity index (χ0n) is 17.9. The number of benzene rings is 1. The molecule has 1 saturated heterocycles. The van der Waals surface area contributed by atoms with Crippen LogP contribution in [0, 0.1) is 6.92 Å². The smallest absolute Gasteiger partial charge is 0.253 e. The molecule has 1 N–H and O–H groups in total. The fourth-order valence-corrected chi connectivity index (χ4v) is 3.69. The van der Waals surface area contributed by atoms with Crippen molar-refractivity contribution in [3.63, 3.8) is 0 Å². The van der Waals surface area contributed by atoms with E-state index in [2.05, 4.69) is 15.2 Å². The quantitative estimate of drug-likeness (QED) is 0.669. The van der Waals surface area contributed by atoms with Gasteiger partial charge in [-0.1, -0.05) is 12.1 Å². The Balaban J connectivity index is 1.32. The maximum Gasteiger partial charge on any atom is 0.253 e. The number of hydrogen-bond donors (Lipinski definition) is 1. The highest BCUT2D eigenvalue weighted by Crippen LogP contribution is 2.16. The summed E-state index contributed by atoms with van der Waals surface area (Å²) in [5.74, 6) is 0.588. The lowest BCUT2D eigenvalue weighted by Gasteiger charge is -2.35. The molecule has 0 saturated carbocycles. The number of aryl methyl sites for hydroxylation is 1. The number of pyridine rings is 2. The SMILES string of the molecule is Cc1ccc(=O)n(CC(=O)Nc2ccc(C(=O)N3CCN(c4ccccn4)CC3)cc2)c1. The molecule has 3 aromatic rings. The summed E-state index contributed by atoms with van der Waals surface area (Å²) in [6.07, 6.45) is 3.42. The van der Waals surface area contributed by atoms with Crippen LogP contribution in [-0.2, 0) is 11.3 Å². The predicted octanol–water partition coefficient (Wildman–Crippen LogP) is 2.15. The number of anilines is 2. The van der Waals surface area contributed by atoms with Crippen LogP contribution in [0.1, 0.15) is 15.9 Å². The van der Waals surface area contributed by atoms with Gasteiger partial charge in [0.1, 0.15) is 12.4 Å². The number of carbonyl (C=O) groups is 2. The second-order valence-electron chi connectivity index (χ2n) is 7.77. The van der Waals surface area contributed by atoms with Crippen LogP contribution in [0.5, 0.6) is 0 Å². The van der Waals surface area contributed by atoms with Crippen molar-refractivity contribution < 1.29 is 9.59 Å². The highest BCUT2D eigenvalue weighted by Gasteiger charge is 2.22. The Hall–Kier alpha value is -3.94. The lowest BCUT2D eigenvalue weighted by molar-refractivity contribution is -0.116. The fraction of sp³-hybridized carbons (Fsp3) is 0.250. The number of rotatable bonds is 5. The molecular weight excluding hydrogens is 406 g/mol. The van der Waals surface area contributed by atoms with E-state index in [9.17, 15) is 14.4 Å². The van der Waals surface area contributed by atoms with E-state index in [0.29, 0.717) is 24.3 Å². The minimum atomic E-state index is -0.303. The van der Waals surface area contributed by atoms with E-state index in [-0.39, 0.29) is 23.9 Å². The van der Waals surface area contributed by atoms with Crippen LogP contribution in [0.3, 0.4) is 0 Å². The highest BCUT2D eigenvalue weighted by molar-refractivity contribution is 5.96. The lowest BCUT2D eigenvalue weighted by atomic mass is 10.1. The molecule has 0 bridgehead atoms. The molecule has 8 heteroatoms. The summed E-state index contributed by atoms with van der Waals surface area (Å²) >= 11 is 0. The molecule has 0 radical (unpaired) electrons. The van der Waals surface area contributed by atoms with Gasteiger partial charge in [-0.05, 0) is 48.9 Å². The largest absolute Gasteiger partial charge is 0.353 e. The Kier molecular flexibility index (Phi) is 6.30. The van der Waals surface area contributed by atoms with Gasteiger partial charge < -0.3 is 19.7 Å². The van der Waals surface area contributed by atoms with Gasteiger partial charge in [-0.15, -0.1) is 0 Å². The summed E-state index contributed by atoms with van der Waals surface area (Å²) in [5, 5.41) is 2.77. The average Bonchev–Trinajstić information content (AvgIpc) is 2.82. The average molecular weight is 431 g/mol. The number of piperazine rings is 1. The monoisotopic (exact) mass is 431 g/mol. The van der Waals surface area contributed by atoms with Gasteiger partial charge in [0.05, 0.1) is 0 Å². The van der Waals surface area contributed by atoms with Gasteiger partial charge in [-0.25, -0.2) is 4.98 Å². The second kappa shape index (κ2) is 9.47. The molecule has 0 spiro atoms. The van der Waals surface area contributed by atoms with Gasteiger partial charge in [0, 0.05) is 55.9 Å². The zero-order chi connectivity index (χ0) is 22.5. The van der Waals surface area contributed by atoms with E-state index in [0.717, 1.165) is 24.5 Å². The van der Waals surface area contributed by atoms with E-state index in [1.807, 2.05) is 30.0 Å². The maximum absolute atomic E-state index is 12.9. The Morgan fingerprint density at radius 2 is 1.72 bits per heavy atom. The van der Waals surface area contributed by atoms with Crippen molar-refractivity contribution in [2.75, 3.05) is 36.4 Å². The number of nitrogens with zero attached hydrogens (tertiary/aromatic N) is 4. The first-order valence-corrected chi connectivity index (χ1v) is 10.5. The molecule has 2 aromatic heterocycles. The summed E-state index contributed by atoms with van der Waals surface area (Å²) < 4.78 is 1.37. The molecule has 1 aromatic carbocycles. The Bertz CT molecular complexity index is 1150. The van der Waals surface area contributed by atoms with E-state index >= 15 is 0 Å². The minimum Gasteiger partial charge on any atom is -0.353 e. The van der Waals surface area contributed by atoms with Crippen LogP contribution in [0.25, 0.3) is 0 Å². The molecule has 8 nitrogen and oxygen atoms in total. The Morgan fingerprint density at radius 3 is 2.41 bits per heavy atom. The first-order valence-electron chi connectivity index (χ1n) is 10.5. The molecule has 0 aliphatic carbocycles. The van der Waals surface area contributed by atoms with Gasteiger partial charge in [-0.3, -0.25) is 14.4 Å². The van der Waals surface area contributed by atoms with Crippen molar-refractivity contribution in [1.29, 1.82) is 0 Å². The number of carbonyl (C=O) groups excluding carboxylic acids is 2. The molecule has 1 fully saturated rings. The number of aromatic nitrogens is 2.